The fourth-order valence-electron chi connectivity index (χ4n) is 2.93. The molecule has 1 aliphatic heterocycles. The smallest absolute Gasteiger partial charge is 0.0576 e. The van der Waals surface area contributed by atoms with Crippen LogP contribution < -0.4 is 0 Å². The zero-order chi connectivity index (χ0) is 13.8. The quantitative estimate of drug-likeness (QED) is 0.484. The predicted octanol–water partition coefficient (Wildman–Crippen LogP) is 5.41. The van der Waals surface area contributed by atoms with E-state index in [9.17, 15) is 5.11 Å². The summed E-state index contributed by atoms with van der Waals surface area (Å²) >= 11 is 2.01. The highest BCUT2D eigenvalue weighted by Crippen LogP contribution is 2.28. The van der Waals surface area contributed by atoms with Crippen LogP contribution in [0.15, 0.2) is 0 Å². The molecule has 1 heterocycles. The van der Waals surface area contributed by atoms with Crippen LogP contribution in [0.3, 0.4) is 0 Å². The monoisotopic (exact) mass is 286 g/mol. The van der Waals surface area contributed by atoms with Gasteiger partial charge in [0.15, 0.2) is 0 Å². The van der Waals surface area contributed by atoms with Crippen LogP contribution in [-0.2, 0) is 0 Å². The van der Waals surface area contributed by atoms with Gasteiger partial charge in [0.2, 0.25) is 0 Å². The van der Waals surface area contributed by atoms with E-state index in [4.69, 9.17) is 0 Å². The second kappa shape index (κ2) is 12.1. The van der Waals surface area contributed by atoms with Crippen molar-refractivity contribution in [1.29, 1.82) is 0 Å². The molecule has 2 unspecified atom stereocenters. The third-order valence-electron chi connectivity index (χ3n) is 4.36. The molecule has 1 aliphatic rings. The van der Waals surface area contributed by atoms with Crippen molar-refractivity contribution in [3.63, 3.8) is 0 Å². The Balaban J connectivity index is 1.78. The molecule has 1 N–H and O–H groups in total. The number of unbranched alkanes of at least 4 members (excludes halogenated alkanes) is 9. The SMILES string of the molecule is CCCCCCCCCCCCC(O)C1CCSC1. The summed E-state index contributed by atoms with van der Waals surface area (Å²) in [5, 5.41) is 10.1. The molecule has 1 saturated heterocycles. The minimum Gasteiger partial charge on any atom is -0.393 e. The summed E-state index contributed by atoms with van der Waals surface area (Å²) in [5.41, 5.74) is 0. The fraction of sp³-hybridized carbons (Fsp3) is 1.00. The van der Waals surface area contributed by atoms with Crippen molar-refractivity contribution in [1.82, 2.24) is 0 Å². The van der Waals surface area contributed by atoms with Crippen molar-refractivity contribution in [3.8, 4) is 0 Å². The van der Waals surface area contributed by atoms with Crippen molar-refractivity contribution in [2.24, 2.45) is 5.92 Å². The first kappa shape index (κ1) is 17.4. The Morgan fingerprint density at radius 2 is 1.53 bits per heavy atom. The van der Waals surface area contributed by atoms with Crippen molar-refractivity contribution >= 4 is 11.8 Å². The first-order valence-electron chi connectivity index (χ1n) is 8.60. The van der Waals surface area contributed by atoms with Crippen molar-refractivity contribution in [2.45, 2.75) is 90.1 Å². The highest BCUT2D eigenvalue weighted by molar-refractivity contribution is 7.99. The number of hydrogen-bond acceptors (Lipinski definition) is 2. The lowest BCUT2D eigenvalue weighted by molar-refractivity contribution is 0.108. The Labute approximate surface area is 124 Å². The first-order valence-corrected chi connectivity index (χ1v) is 9.76. The van der Waals surface area contributed by atoms with Gasteiger partial charge in [-0.2, -0.15) is 11.8 Å². The molecular formula is C17H34OS. The van der Waals surface area contributed by atoms with E-state index in [0.29, 0.717) is 5.92 Å². The Kier molecular flexibility index (Phi) is 11.0. The van der Waals surface area contributed by atoms with E-state index < -0.39 is 0 Å². The van der Waals surface area contributed by atoms with Gasteiger partial charge in [-0.25, -0.2) is 0 Å². The van der Waals surface area contributed by atoms with Gasteiger partial charge in [-0.15, -0.1) is 0 Å². The van der Waals surface area contributed by atoms with Gasteiger partial charge in [-0.05, 0) is 30.3 Å². The maximum Gasteiger partial charge on any atom is 0.0576 e. The highest BCUT2D eigenvalue weighted by Gasteiger charge is 2.22. The molecule has 2 heteroatoms. The van der Waals surface area contributed by atoms with Gasteiger partial charge in [0.05, 0.1) is 6.10 Å². The molecule has 0 aromatic rings. The molecule has 0 aliphatic carbocycles. The van der Waals surface area contributed by atoms with Gasteiger partial charge in [0.1, 0.15) is 0 Å². The summed E-state index contributed by atoms with van der Waals surface area (Å²) < 4.78 is 0. The Hall–Kier alpha value is 0.310. The van der Waals surface area contributed by atoms with Gasteiger partial charge >= 0.3 is 0 Å². The molecule has 0 aromatic heterocycles. The van der Waals surface area contributed by atoms with Gasteiger partial charge < -0.3 is 5.11 Å². The number of rotatable bonds is 12. The number of aliphatic hydroxyl groups is 1. The van der Waals surface area contributed by atoms with Crippen molar-refractivity contribution in [2.75, 3.05) is 11.5 Å². The minimum absolute atomic E-state index is 0.0101. The summed E-state index contributed by atoms with van der Waals surface area (Å²) in [5.74, 6) is 3.06. The molecule has 19 heavy (non-hydrogen) atoms. The summed E-state index contributed by atoms with van der Waals surface area (Å²) in [6.45, 7) is 2.28. The summed E-state index contributed by atoms with van der Waals surface area (Å²) in [7, 11) is 0. The van der Waals surface area contributed by atoms with Crippen LogP contribution >= 0.6 is 11.8 Å². The van der Waals surface area contributed by atoms with Crippen LogP contribution in [-0.4, -0.2) is 22.7 Å². The molecule has 1 rings (SSSR count). The minimum atomic E-state index is -0.0101. The predicted molar refractivity (Wildman–Crippen MR) is 87.9 cm³/mol. The molecule has 1 nitrogen and oxygen atoms in total. The molecule has 0 radical (unpaired) electrons. The molecule has 0 spiro atoms. The Morgan fingerprint density at radius 3 is 2.05 bits per heavy atom. The van der Waals surface area contributed by atoms with Crippen LogP contribution in [0.5, 0.6) is 0 Å². The van der Waals surface area contributed by atoms with Gasteiger partial charge in [0, 0.05) is 0 Å². The Bertz CT molecular complexity index is 190. The number of thioether (sulfide) groups is 1. The van der Waals surface area contributed by atoms with Crippen LogP contribution in [0.25, 0.3) is 0 Å². The average Bonchev–Trinajstić information content (AvgIpc) is 2.95. The molecule has 0 bridgehead atoms. The maximum absolute atomic E-state index is 10.1. The van der Waals surface area contributed by atoms with Gasteiger partial charge in [-0.1, -0.05) is 71.1 Å². The van der Waals surface area contributed by atoms with Crippen LogP contribution in [0.2, 0.25) is 0 Å². The molecule has 0 aromatic carbocycles. The lowest BCUT2D eigenvalue weighted by Gasteiger charge is -2.16. The van der Waals surface area contributed by atoms with E-state index in [1.165, 1.54) is 82.1 Å². The third-order valence-corrected chi connectivity index (χ3v) is 5.55. The fourth-order valence-corrected chi connectivity index (χ4v) is 4.26. The van der Waals surface area contributed by atoms with Crippen LogP contribution in [0, 0.1) is 5.92 Å². The van der Waals surface area contributed by atoms with Crippen LogP contribution in [0.4, 0.5) is 0 Å². The molecular weight excluding hydrogens is 252 g/mol. The molecule has 0 saturated carbocycles. The summed E-state index contributed by atoms with van der Waals surface area (Å²) in [6.07, 6.45) is 16.1. The zero-order valence-corrected chi connectivity index (χ0v) is 13.7. The second-order valence-electron chi connectivity index (χ2n) is 6.16. The summed E-state index contributed by atoms with van der Waals surface area (Å²) in [4.78, 5) is 0. The number of hydrogen-bond donors (Lipinski definition) is 1. The van der Waals surface area contributed by atoms with E-state index in [2.05, 4.69) is 6.92 Å². The van der Waals surface area contributed by atoms with E-state index in [-0.39, 0.29) is 6.10 Å². The van der Waals surface area contributed by atoms with E-state index in [1.807, 2.05) is 11.8 Å². The number of aliphatic hydroxyl groups excluding tert-OH is 1. The van der Waals surface area contributed by atoms with Gasteiger partial charge in [0.25, 0.3) is 0 Å². The lowest BCUT2D eigenvalue weighted by atomic mass is 9.96. The Morgan fingerprint density at radius 1 is 0.947 bits per heavy atom. The first-order chi connectivity index (χ1) is 9.34. The topological polar surface area (TPSA) is 20.2 Å². The van der Waals surface area contributed by atoms with Crippen molar-refractivity contribution < 1.29 is 5.11 Å². The molecule has 2 atom stereocenters. The largest absolute Gasteiger partial charge is 0.393 e. The lowest BCUT2D eigenvalue weighted by Crippen LogP contribution is -2.19. The highest BCUT2D eigenvalue weighted by atomic mass is 32.2. The standard InChI is InChI=1S/C17H34OS/c1-2-3-4-5-6-7-8-9-10-11-12-17(18)16-13-14-19-15-16/h16-18H,2-15H2,1H3. The normalized spacial score (nSPS) is 20.8. The molecule has 1 fully saturated rings. The van der Waals surface area contributed by atoms with E-state index in [0.717, 1.165) is 6.42 Å². The maximum atomic E-state index is 10.1. The van der Waals surface area contributed by atoms with E-state index in [1.54, 1.807) is 0 Å². The molecule has 114 valence electrons. The third kappa shape index (κ3) is 8.96. The second-order valence-corrected chi connectivity index (χ2v) is 7.31. The van der Waals surface area contributed by atoms with Gasteiger partial charge in [-0.3, -0.25) is 0 Å². The van der Waals surface area contributed by atoms with Crippen LogP contribution in [0.1, 0.15) is 84.0 Å². The van der Waals surface area contributed by atoms with Crippen molar-refractivity contribution in [3.05, 3.63) is 0 Å². The zero-order valence-electron chi connectivity index (χ0n) is 12.9. The van der Waals surface area contributed by atoms with E-state index >= 15 is 0 Å². The molecule has 0 amide bonds. The average molecular weight is 287 g/mol. The summed E-state index contributed by atoms with van der Waals surface area (Å²) in [6, 6.07) is 0.